The molecule has 0 spiro atoms. The first-order chi connectivity index (χ1) is 8.69. The predicted molar refractivity (Wildman–Crippen MR) is 82.4 cm³/mol. The fourth-order valence-electron chi connectivity index (χ4n) is 2.05. The first-order valence-electron chi connectivity index (χ1n) is 5.83. The Morgan fingerprint density at radius 1 is 1.22 bits per heavy atom. The van der Waals surface area contributed by atoms with E-state index < -0.39 is 0 Å². The van der Waals surface area contributed by atoms with Crippen LogP contribution in [0.2, 0.25) is 0 Å². The van der Waals surface area contributed by atoms with Crippen LogP contribution in [0.1, 0.15) is 0 Å². The zero-order valence-corrected chi connectivity index (χ0v) is 11.9. The number of hydrogen-bond acceptors (Lipinski definition) is 2. The van der Waals surface area contributed by atoms with Crippen LogP contribution >= 0.6 is 11.8 Å². The summed E-state index contributed by atoms with van der Waals surface area (Å²) in [4.78, 5) is 2.10. The van der Waals surface area contributed by atoms with Gasteiger partial charge in [-0.05, 0) is 17.9 Å². The number of rotatable bonds is 4. The molecule has 0 saturated heterocycles. The number of aromatic nitrogens is 1. The van der Waals surface area contributed by atoms with Crippen LogP contribution in [0.5, 0.6) is 0 Å². The van der Waals surface area contributed by atoms with Gasteiger partial charge in [-0.2, -0.15) is 0 Å². The minimum absolute atomic E-state index is 1.15. The Labute approximate surface area is 113 Å². The summed E-state index contributed by atoms with van der Waals surface area (Å²) in [5.74, 6) is 1.15. The van der Waals surface area contributed by atoms with Crippen LogP contribution in [0.15, 0.2) is 48.0 Å². The summed E-state index contributed by atoms with van der Waals surface area (Å²) in [5, 5.41) is 1.22. The maximum absolute atomic E-state index is 3.91. The molecule has 0 atom stereocenters. The highest BCUT2D eigenvalue weighted by Crippen LogP contribution is 2.36. The highest BCUT2D eigenvalue weighted by molar-refractivity contribution is 7.98. The minimum atomic E-state index is 1.15. The molecular formula is C15H18N2S. The second-order valence-corrected chi connectivity index (χ2v) is 5.03. The van der Waals surface area contributed by atoms with Gasteiger partial charge >= 0.3 is 0 Å². The van der Waals surface area contributed by atoms with Crippen molar-refractivity contribution < 1.29 is 0 Å². The molecule has 0 saturated carbocycles. The molecule has 94 valence electrons. The van der Waals surface area contributed by atoms with E-state index in [1.165, 1.54) is 16.2 Å². The van der Waals surface area contributed by atoms with Gasteiger partial charge < -0.3 is 4.90 Å². The molecule has 3 heteroatoms. The van der Waals surface area contributed by atoms with E-state index in [9.17, 15) is 0 Å². The van der Waals surface area contributed by atoms with Crippen molar-refractivity contribution in [1.29, 1.82) is 0 Å². The zero-order valence-electron chi connectivity index (χ0n) is 11.1. The minimum Gasteiger partial charge on any atom is -0.364 e. The fourth-order valence-corrected chi connectivity index (χ4v) is 2.81. The van der Waals surface area contributed by atoms with Gasteiger partial charge in [0.2, 0.25) is 0 Å². The molecule has 0 aliphatic carbocycles. The van der Waals surface area contributed by atoms with Crippen molar-refractivity contribution in [2.75, 3.05) is 25.3 Å². The third-order valence-corrected chi connectivity index (χ3v) is 3.69. The lowest BCUT2D eigenvalue weighted by Gasteiger charge is -2.14. The topological polar surface area (TPSA) is 8.17 Å². The van der Waals surface area contributed by atoms with Crippen molar-refractivity contribution in [3.05, 3.63) is 43.0 Å². The summed E-state index contributed by atoms with van der Waals surface area (Å²) >= 11 is 1.74. The van der Waals surface area contributed by atoms with E-state index in [-0.39, 0.29) is 0 Å². The van der Waals surface area contributed by atoms with Gasteiger partial charge in [0.15, 0.2) is 0 Å². The lowest BCUT2D eigenvalue weighted by molar-refractivity contribution is 0.961. The normalized spacial score (nSPS) is 10.4. The molecule has 1 aromatic carbocycles. The molecule has 0 fully saturated rings. The van der Waals surface area contributed by atoms with Crippen LogP contribution in [0.4, 0.5) is 5.82 Å². The molecule has 2 aromatic rings. The highest BCUT2D eigenvalue weighted by Gasteiger charge is 2.15. The number of thioether (sulfide) groups is 1. The molecule has 0 amide bonds. The first-order valence-corrected chi connectivity index (χ1v) is 7.06. The summed E-state index contributed by atoms with van der Waals surface area (Å²) in [6.07, 6.45) is 3.97. The molecule has 18 heavy (non-hydrogen) atoms. The van der Waals surface area contributed by atoms with Crippen LogP contribution in [-0.4, -0.2) is 24.9 Å². The maximum Gasteiger partial charge on any atom is 0.113 e. The van der Waals surface area contributed by atoms with Gasteiger partial charge in [0.25, 0.3) is 0 Å². The van der Waals surface area contributed by atoms with Gasteiger partial charge in [-0.3, -0.25) is 4.57 Å². The van der Waals surface area contributed by atoms with Crippen molar-refractivity contribution in [3.8, 4) is 11.1 Å². The molecule has 2 rings (SSSR count). The van der Waals surface area contributed by atoms with E-state index in [2.05, 4.69) is 52.6 Å². The van der Waals surface area contributed by atoms with Gasteiger partial charge in [0.05, 0.1) is 5.03 Å². The summed E-state index contributed by atoms with van der Waals surface area (Å²) < 4.78 is 2.13. The molecule has 0 aliphatic heterocycles. The molecule has 1 aromatic heterocycles. The maximum atomic E-state index is 3.91. The smallest absolute Gasteiger partial charge is 0.113 e. The highest BCUT2D eigenvalue weighted by atomic mass is 32.2. The summed E-state index contributed by atoms with van der Waals surface area (Å²) in [6, 6.07) is 12.7. The SMILES string of the molecule is C=Cn1c(N(C)C)cc(-c2ccccc2)c1SC. The molecule has 1 heterocycles. The molecule has 2 nitrogen and oxygen atoms in total. The van der Waals surface area contributed by atoms with Crippen LogP contribution in [-0.2, 0) is 0 Å². The second-order valence-electron chi connectivity index (χ2n) is 4.24. The summed E-state index contributed by atoms with van der Waals surface area (Å²) in [6.45, 7) is 3.91. The second kappa shape index (κ2) is 5.36. The standard InChI is InChI=1S/C15H18N2S/c1-5-17-14(16(2)3)11-13(15(17)18-4)12-9-7-6-8-10-12/h5-11H,1H2,2-4H3. The Bertz CT molecular complexity index is 541. The lowest BCUT2D eigenvalue weighted by Crippen LogP contribution is -2.12. The average molecular weight is 258 g/mol. The summed E-state index contributed by atoms with van der Waals surface area (Å²) in [5.41, 5.74) is 2.50. The van der Waals surface area contributed by atoms with Crippen molar-refractivity contribution in [2.45, 2.75) is 5.03 Å². The van der Waals surface area contributed by atoms with Crippen molar-refractivity contribution >= 4 is 23.8 Å². The van der Waals surface area contributed by atoms with Gasteiger partial charge in [-0.25, -0.2) is 0 Å². The van der Waals surface area contributed by atoms with Crippen molar-refractivity contribution in [2.24, 2.45) is 0 Å². The van der Waals surface area contributed by atoms with E-state index in [0.29, 0.717) is 0 Å². The largest absolute Gasteiger partial charge is 0.364 e. The Morgan fingerprint density at radius 3 is 2.39 bits per heavy atom. The van der Waals surface area contributed by atoms with Crippen LogP contribution in [0, 0.1) is 0 Å². The van der Waals surface area contributed by atoms with Crippen LogP contribution in [0.3, 0.4) is 0 Å². The Balaban J connectivity index is 2.65. The zero-order chi connectivity index (χ0) is 13.1. The molecule has 0 unspecified atom stereocenters. The number of anilines is 1. The fraction of sp³-hybridized carbons (Fsp3) is 0.200. The summed E-state index contributed by atoms with van der Waals surface area (Å²) in [7, 11) is 4.10. The molecular weight excluding hydrogens is 240 g/mol. The van der Waals surface area contributed by atoms with Gasteiger partial charge in [-0.15, -0.1) is 11.8 Å². The molecule has 0 aliphatic rings. The molecule has 0 N–H and O–H groups in total. The lowest BCUT2D eigenvalue weighted by atomic mass is 10.1. The first kappa shape index (κ1) is 12.8. The van der Waals surface area contributed by atoms with E-state index in [4.69, 9.17) is 0 Å². The Kier molecular flexibility index (Phi) is 3.82. The van der Waals surface area contributed by atoms with Crippen LogP contribution in [0.25, 0.3) is 17.3 Å². The Hall–Kier alpha value is -1.61. The van der Waals surface area contributed by atoms with Gasteiger partial charge in [-0.1, -0.05) is 36.9 Å². The number of hydrogen-bond donors (Lipinski definition) is 0. The third-order valence-electron chi connectivity index (χ3n) is 2.89. The average Bonchev–Trinajstić information content (AvgIpc) is 2.78. The molecule has 0 radical (unpaired) electrons. The van der Waals surface area contributed by atoms with Crippen molar-refractivity contribution in [3.63, 3.8) is 0 Å². The van der Waals surface area contributed by atoms with E-state index in [1.807, 2.05) is 26.4 Å². The van der Waals surface area contributed by atoms with Gasteiger partial charge in [0.1, 0.15) is 5.82 Å². The van der Waals surface area contributed by atoms with E-state index >= 15 is 0 Å². The monoisotopic (exact) mass is 258 g/mol. The number of nitrogens with zero attached hydrogens (tertiary/aromatic N) is 2. The molecule has 0 bridgehead atoms. The predicted octanol–water partition coefficient (Wildman–Crippen LogP) is 4.04. The third kappa shape index (κ3) is 2.18. The Morgan fingerprint density at radius 2 is 1.89 bits per heavy atom. The van der Waals surface area contributed by atoms with E-state index in [1.54, 1.807) is 11.8 Å². The van der Waals surface area contributed by atoms with E-state index in [0.717, 1.165) is 5.82 Å². The number of benzene rings is 1. The van der Waals surface area contributed by atoms with Crippen LogP contribution < -0.4 is 4.90 Å². The quantitative estimate of drug-likeness (QED) is 0.765. The van der Waals surface area contributed by atoms with Crippen molar-refractivity contribution in [1.82, 2.24) is 4.57 Å². The van der Waals surface area contributed by atoms with Gasteiger partial charge in [0, 0.05) is 25.9 Å².